The minimum atomic E-state index is 0.156. The van der Waals surface area contributed by atoms with Gasteiger partial charge < -0.3 is 15.5 Å². The number of halogens is 1. The van der Waals surface area contributed by atoms with Gasteiger partial charge in [-0.1, -0.05) is 11.6 Å². The van der Waals surface area contributed by atoms with Crippen LogP contribution in [-0.2, 0) is 0 Å². The highest BCUT2D eigenvalue weighted by atomic mass is 35.5. The molecule has 0 aliphatic carbocycles. The number of hydrogen-bond acceptors (Lipinski definition) is 3. The van der Waals surface area contributed by atoms with Gasteiger partial charge in [-0.3, -0.25) is 0 Å². The molecule has 0 fully saturated rings. The van der Waals surface area contributed by atoms with Gasteiger partial charge in [-0.2, -0.15) is 5.26 Å². The Morgan fingerprint density at radius 2 is 2.31 bits per heavy atom. The van der Waals surface area contributed by atoms with Crippen molar-refractivity contribution >= 4 is 22.8 Å². The largest absolute Gasteiger partial charge is 0.397 e. The van der Waals surface area contributed by atoms with E-state index in [2.05, 4.69) is 4.98 Å². The van der Waals surface area contributed by atoms with Crippen LogP contribution >= 0.6 is 11.6 Å². The van der Waals surface area contributed by atoms with Crippen molar-refractivity contribution < 1.29 is 5.11 Å². The standard InChI is InChI=1S/C9H8ClN3.C2H6O/c1-6-2-8(13-5-6)9(10)7(3-11)4-12;1-2-3/h2-3,5,11,13H,1H3;3H,2H2,1H3/b9-7-,11-3?;. The normalized spacial score (nSPS) is 10.7. The van der Waals surface area contributed by atoms with Gasteiger partial charge in [0.1, 0.15) is 6.07 Å². The molecular formula is C11H14ClN3O. The van der Waals surface area contributed by atoms with Crippen LogP contribution in [0.3, 0.4) is 0 Å². The second-order valence-electron chi connectivity index (χ2n) is 2.89. The lowest BCUT2D eigenvalue weighted by molar-refractivity contribution is 0.318. The Bertz CT molecular complexity index is 415. The SMILES string of the molecule is CCO.Cc1c[nH]c(/C(Cl)=C(/C#N)C=N)c1. The predicted octanol–water partition coefficient (Wildman–Crippen LogP) is 2.44. The first kappa shape index (κ1) is 14.4. The van der Waals surface area contributed by atoms with E-state index < -0.39 is 0 Å². The van der Waals surface area contributed by atoms with Gasteiger partial charge >= 0.3 is 0 Å². The van der Waals surface area contributed by atoms with Gasteiger partial charge in [0, 0.05) is 19.0 Å². The highest BCUT2D eigenvalue weighted by molar-refractivity contribution is 6.50. The summed E-state index contributed by atoms with van der Waals surface area (Å²) in [6.45, 7) is 3.85. The number of rotatable bonds is 2. The van der Waals surface area contributed by atoms with Gasteiger partial charge in [0.2, 0.25) is 0 Å². The van der Waals surface area contributed by atoms with Crippen molar-refractivity contribution in [3.63, 3.8) is 0 Å². The third-order valence-electron chi connectivity index (χ3n) is 1.57. The fraction of sp³-hybridized carbons (Fsp3) is 0.273. The van der Waals surface area contributed by atoms with Crippen molar-refractivity contribution in [2.45, 2.75) is 13.8 Å². The second-order valence-corrected chi connectivity index (χ2v) is 3.27. The van der Waals surface area contributed by atoms with Crippen molar-refractivity contribution in [1.82, 2.24) is 4.98 Å². The molecule has 0 saturated carbocycles. The minimum absolute atomic E-state index is 0.156. The summed E-state index contributed by atoms with van der Waals surface area (Å²) < 4.78 is 0. The molecule has 1 rings (SSSR count). The zero-order valence-electron chi connectivity index (χ0n) is 9.21. The number of H-pyrrole nitrogens is 1. The predicted molar refractivity (Wildman–Crippen MR) is 65.5 cm³/mol. The van der Waals surface area contributed by atoms with Gasteiger partial charge in [-0.25, -0.2) is 0 Å². The molecule has 3 N–H and O–H groups in total. The van der Waals surface area contributed by atoms with E-state index in [1.807, 2.05) is 19.1 Å². The summed E-state index contributed by atoms with van der Waals surface area (Å²) in [4.78, 5) is 2.91. The summed E-state index contributed by atoms with van der Waals surface area (Å²) >= 11 is 5.86. The van der Waals surface area contributed by atoms with Crippen LogP contribution in [0.25, 0.3) is 5.03 Å². The topological polar surface area (TPSA) is 83.7 Å². The molecule has 1 heterocycles. The molecule has 0 aliphatic heterocycles. The van der Waals surface area contributed by atoms with Crippen LogP contribution in [0.5, 0.6) is 0 Å². The number of aliphatic hydroxyl groups is 1. The van der Waals surface area contributed by atoms with Crippen LogP contribution < -0.4 is 0 Å². The van der Waals surface area contributed by atoms with Crippen molar-refractivity contribution in [3.8, 4) is 6.07 Å². The first-order chi connectivity index (χ1) is 7.60. The lowest BCUT2D eigenvalue weighted by Crippen LogP contribution is -1.84. The number of aromatic nitrogens is 1. The van der Waals surface area contributed by atoms with Gasteiger partial charge in [-0.15, -0.1) is 0 Å². The Kier molecular flexibility index (Phi) is 6.93. The van der Waals surface area contributed by atoms with Crippen LogP contribution in [0.2, 0.25) is 0 Å². The maximum absolute atomic E-state index is 8.61. The number of nitrogens with one attached hydrogen (secondary N) is 2. The molecule has 0 radical (unpaired) electrons. The van der Waals surface area contributed by atoms with E-state index in [-0.39, 0.29) is 17.2 Å². The van der Waals surface area contributed by atoms with Crippen molar-refractivity contribution in [1.29, 1.82) is 10.7 Å². The van der Waals surface area contributed by atoms with Crippen LogP contribution in [-0.4, -0.2) is 22.9 Å². The maximum atomic E-state index is 8.61. The van der Waals surface area contributed by atoms with E-state index in [1.54, 1.807) is 13.1 Å². The van der Waals surface area contributed by atoms with E-state index in [0.717, 1.165) is 11.8 Å². The molecule has 16 heavy (non-hydrogen) atoms. The zero-order chi connectivity index (χ0) is 12.6. The molecule has 0 bridgehead atoms. The van der Waals surface area contributed by atoms with Gasteiger partial charge in [0.25, 0.3) is 0 Å². The molecule has 1 aromatic rings. The van der Waals surface area contributed by atoms with E-state index in [4.69, 9.17) is 27.4 Å². The van der Waals surface area contributed by atoms with E-state index >= 15 is 0 Å². The highest BCUT2D eigenvalue weighted by Gasteiger charge is 2.05. The summed E-state index contributed by atoms with van der Waals surface area (Å²) in [6, 6.07) is 3.67. The molecule has 0 atom stereocenters. The van der Waals surface area contributed by atoms with Crippen LogP contribution in [0.4, 0.5) is 0 Å². The molecule has 0 aliphatic rings. The molecule has 0 amide bonds. The number of aliphatic hydroxyl groups excluding tert-OH is 1. The zero-order valence-corrected chi connectivity index (χ0v) is 9.97. The van der Waals surface area contributed by atoms with E-state index in [0.29, 0.717) is 5.69 Å². The van der Waals surface area contributed by atoms with Crippen LogP contribution in [0, 0.1) is 23.7 Å². The van der Waals surface area contributed by atoms with Gasteiger partial charge in [-0.05, 0) is 25.5 Å². The number of allylic oxidation sites excluding steroid dienone is 1. The van der Waals surface area contributed by atoms with E-state index in [9.17, 15) is 0 Å². The minimum Gasteiger partial charge on any atom is -0.397 e. The Hall–Kier alpha value is -1.57. The summed E-state index contributed by atoms with van der Waals surface area (Å²) in [6.07, 6.45) is 2.73. The average Bonchev–Trinajstić information content (AvgIpc) is 2.67. The average molecular weight is 240 g/mol. The lowest BCUT2D eigenvalue weighted by Gasteiger charge is -1.94. The second kappa shape index (κ2) is 7.69. The molecule has 0 spiro atoms. The molecule has 0 saturated heterocycles. The molecule has 0 unspecified atom stereocenters. The molecule has 5 heteroatoms. The molecular weight excluding hydrogens is 226 g/mol. The molecule has 4 nitrogen and oxygen atoms in total. The monoisotopic (exact) mass is 239 g/mol. The summed E-state index contributed by atoms with van der Waals surface area (Å²) in [5, 5.41) is 23.4. The van der Waals surface area contributed by atoms with E-state index in [1.165, 1.54) is 0 Å². The van der Waals surface area contributed by atoms with Crippen LogP contribution in [0.1, 0.15) is 18.2 Å². The Morgan fingerprint density at radius 3 is 2.62 bits per heavy atom. The Balaban J connectivity index is 0.000000673. The number of hydrogen-bond donors (Lipinski definition) is 3. The molecule has 1 aromatic heterocycles. The molecule has 0 aromatic carbocycles. The first-order valence-corrected chi connectivity index (χ1v) is 5.05. The third kappa shape index (κ3) is 4.30. The summed E-state index contributed by atoms with van der Waals surface area (Å²) in [5.74, 6) is 0. The van der Waals surface area contributed by atoms with Crippen molar-refractivity contribution in [2.24, 2.45) is 0 Å². The smallest absolute Gasteiger partial charge is 0.102 e. The van der Waals surface area contributed by atoms with Crippen LogP contribution in [0.15, 0.2) is 17.8 Å². The fourth-order valence-electron chi connectivity index (χ4n) is 0.919. The fourth-order valence-corrected chi connectivity index (χ4v) is 1.13. The highest BCUT2D eigenvalue weighted by Crippen LogP contribution is 2.21. The van der Waals surface area contributed by atoms with Crippen molar-refractivity contribution in [3.05, 3.63) is 29.1 Å². The Morgan fingerprint density at radius 1 is 1.75 bits per heavy atom. The summed E-state index contributed by atoms with van der Waals surface area (Å²) in [5.41, 5.74) is 1.86. The number of aryl methyl sites for hydroxylation is 1. The number of nitriles is 1. The maximum Gasteiger partial charge on any atom is 0.102 e. The lowest BCUT2D eigenvalue weighted by atomic mass is 10.2. The van der Waals surface area contributed by atoms with Gasteiger partial charge in [0.05, 0.1) is 16.3 Å². The third-order valence-corrected chi connectivity index (χ3v) is 1.97. The van der Waals surface area contributed by atoms with Crippen molar-refractivity contribution in [2.75, 3.05) is 6.61 Å². The summed E-state index contributed by atoms with van der Waals surface area (Å²) in [7, 11) is 0. The first-order valence-electron chi connectivity index (χ1n) is 4.67. The number of aromatic amines is 1. The van der Waals surface area contributed by atoms with Gasteiger partial charge in [0.15, 0.2) is 0 Å². The Labute approximate surface area is 99.7 Å². The number of nitrogens with zero attached hydrogens (tertiary/aromatic N) is 1. The molecule has 86 valence electrons. The quantitative estimate of drug-likeness (QED) is 0.547.